The van der Waals surface area contributed by atoms with Crippen molar-refractivity contribution in [1.29, 1.82) is 0 Å². The summed E-state index contributed by atoms with van der Waals surface area (Å²) in [6, 6.07) is 7.13. The molecule has 0 atom stereocenters. The first-order valence-electron chi connectivity index (χ1n) is 11.7. The summed E-state index contributed by atoms with van der Waals surface area (Å²) in [7, 11) is 0. The summed E-state index contributed by atoms with van der Waals surface area (Å²) < 4.78 is 2.92. The Bertz CT molecular complexity index is 589. The van der Waals surface area contributed by atoms with Crippen molar-refractivity contribution < 1.29 is 5.11 Å². The Morgan fingerprint density at radius 1 is 1.00 bits per heavy atom. The summed E-state index contributed by atoms with van der Waals surface area (Å²) in [5.74, 6) is 2.06. The molecule has 0 amide bonds. The summed E-state index contributed by atoms with van der Waals surface area (Å²) in [6.45, 7) is 17.1. The van der Waals surface area contributed by atoms with E-state index in [9.17, 15) is 5.11 Å². The van der Waals surface area contributed by atoms with Gasteiger partial charge in [-0.05, 0) is 29.9 Å². The van der Waals surface area contributed by atoms with E-state index in [1.165, 1.54) is 42.7 Å². The Morgan fingerprint density at radius 3 is 2.07 bits per heavy atom. The van der Waals surface area contributed by atoms with Gasteiger partial charge in [0.25, 0.3) is 0 Å². The summed E-state index contributed by atoms with van der Waals surface area (Å²) in [5, 5.41) is 13.9. The number of nitrogens with zero attached hydrogens (tertiary/aromatic N) is 1. The average molecular weight is 402 g/mol. The molecule has 0 radical (unpaired) electrons. The predicted molar refractivity (Wildman–Crippen MR) is 124 cm³/mol. The fraction of sp³-hybridized carbons (Fsp3) is 0.760. The third kappa shape index (κ3) is 6.79. The SMILES string of the molecule is CC(C)[CH2][Al]([CH2]C(C)C)[N](Cc1cccc(C(C)(C)C)c1O)C1CCCCC1. The average Bonchev–Trinajstić information content (AvgIpc) is 2.59. The van der Waals surface area contributed by atoms with Gasteiger partial charge in [0.15, 0.2) is 0 Å². The highest BCUT2D eigenvalue weighted by molar-refractivity contribution is 6.56. The summed E-state index contributed by atoms with van der Waals surface area (Å²) in [6.07, 6.45) is 6.84. The van der Waals surface area contributed by atoms with Crippen LogP contribution in [-0.4, -0.2) is 29.4 Å². The minimum atomic E-state index is -1.06. The predicted octanol–water partition coefficient (Wildman–Crippen LogP) is 7.13. The van der Waals surface area contributed by atoms with Crippen LogP contribution in [0.4, 0.5) is 0 Å². The van der Waals surface area contributed by atoms with Crippen molar-refractivity contribution in [2.45, 2.75) is 109 Å². The Kier molecular flexibility index (Phi) is 8.93. The molecule has 0 aliphatic heterocycles. The van der Waals surface area contributed by atoms with E-state index in [1.54, 1.807) is 0 Å². The highest BCUT2D eigenvalue weighted by Crippen LogP contribution is 2.36. The van der Waals surface area contributed by atoms with Crippen LogP contribution in [0.2, 0.25) is 10.6 Å². The maximum Gasteiger partial charge on any atom is 0.373 e. The standard InChI is InChI=1S/C17H26NO.2C4H9.Al/c1-17(2,3)15-11-7-8-13(16(15)19)12-18-14-9-5-4-6-10-14;2*1-4(2)3;/h7-8,11,14,19H,4-6,9-10,12H2,1-3H3;2*4H,1H2,2-3H3;/q-1;;;+1. The quantitative estimate of drug-likeness (QED) is 0.468. The molecule has 28 heavy (non-hydrogen) atoms. The van der Waals surface area contributed by atoms with Crippen LogP contribution < -0.4 is 0 Å². The van der Waals surface area contributed by atoms with E-state index in [2.05, 4.69) is 70.5 Å². The van der Waals surface area contributed by atoms with Gasteiger partial charge in [0.05, 0.1) is 0 Å². The number of hydrogen-bond donors (Lipinski definition) is 1. The van der Waals surface area contributed by atoms with Crippen LogP contribution in [0.3, 0.4) is 0 Å². The van der Waals surface area contributed by atoms with Crippen molar-refractivity contribution in [3.63, 3.8) is 0 Å². The molecule has 0 saturated heterocycles. The van der Waals surface area contributed by atoms with Gasteiger partial charge in [-0.25, -0.2) is 0 Å². The normalized spacial score (nSPS) is 16.4. The second-order valence-corrected chi connectivity index (χ2v) is 13.9. The van der Waals surface area contributed by atoms with Gasteiger partial charge in [-0.15, -0.1) is 0 Å². The lowest BCUT2D eigenvalue weighted by molar-refractivity contribution is 0.239. The first-order chi connectivity index (χ1) is 13.1. The minimum absolute atomic E-state index is 0.0253. The highest BCUT2D eigenvalue weighted by Gasteiger charge is 2.34. The van der Waals surface area contributed by atoms with E-state index in [4.69, 9.17) is 0 Å². The third-order valence-electron chi connectivity index (χ3n) is 6.28. The molecule has 1 saturated carbocycles. The van der Waals surface area contributed by atoms with Crippen molar-refractivity contribution in [1.82, 2.24) is 3.88 Å². The molecule has 0 unspecified atom stereocenters. The second-order valence-electron chi connectivity index (χ2n) is 10.9. The lowest BCUT2D eigenvalue weighted by Gasteiger charge is -2.40. The van der Waals surface area contributed by atoms with E-state index in [0.717, 1.165) is 35.5 Å². The molecular weight excluding hydrogens is 357 g/mol. The van der Waals surface area contributed by atoms with Crippen molar-refractivity contribution in [2.75, 3.05) is 0 Å². The smallest absolute Gasteiger partial charge is 0.373 e. The van der Waals surface area contributed by atoms with Crippen molar-refractivity contribution >= 4 is 14.4 Å². The van der Waals surface area contributed by atoms with Crippen LogP contribution in [-0.2, 0) is 12.0 Å². The first kappa shape index (κ1) is 23.8. The molecule has 1 aromatic rings. The molecule has 0 heterocycles. The number of phenolic OH excluding ortho intramolecular Hbond substituents is 1. The number of para-hydroxylation sites is 1. The molecule has 3 heteroatoms. The number of phenols is 1. The van der Waals surface area contributed by atoms with Gasteiger partial charge in [0.1, 0.15) is 5.75 Å². The van der Waals surface area contributed by atoms with Crippen LogP contribution >= 0.6 is 0 Å². The van der Waals surface area contributed by atoms with Crippen LogP contribution in [0.15, 0.2) is 18.2 Å². The third-order valence-corrected chi connectivity index (χ3v) is 10.8. The molecule has 1 N–H and O–H groups in total. The number of aromatic hydroxyl groups is 1. The topological polar surface area (TPSA) is 23.5 Å². The van der Waals surface area contributed by atoms with Gasteiger partial charge in [0.2, 0.25) is 0 Å². The number of benzene rings is 1. The molecule has 0 spiro atoms. The van der Waals surface area contributed by atoms with Gasteiger partial charge in [0, 0.05) is 12.1 Å². The van der Waals surface area contributed by atoms with E-state index < -0.39 is 14.4 Å². The van der Waals surface area contributed by atoms with Crippen LogP contribution in [0.5, 0.6) is 5.75 Å². The molecule has 1 aromatic carbocycles. The highest BCUT2D eigenvalue weighted by atomic mass is 27.2. The lowest BCUT2D eigenvalue weighted by Crippen LogP contribution is -2.47. The van der Waals surface area contributed by atoms with Crippen LogP contribution in [0, 0.1) is 11.8 Å². The van der Waals surface area contributed by atoms with Crippen molar-refractivity contribution in [3.8, 4) is 5.75 Å². The van der Waals surface area contributed by atoms with Crippen LogP contribution in [0.25, 0.3) is 0 Å². The fourth-order valence-electron chi connectivity index (χ4n) is 4.95. The molecule has 158 valence electrons. The van der Waals surface area contributed by atoms with Crippen LogP contribution in [0.1, 0.15) is 91.7 Å². The molecule has 1 fully saturated rings. The molecule has 0 bridgehead atoms. The largest absolute Gasteiger partial charge is 0.507 e. The molecule has 2 rings (SSSR count). The summed E-state index contributed by atoms with van der Waals surface area (Å²) in [5.41, 5.74) is 2.20. The molecule has 0 aromatic heterocycles. The molecule has 1 aliphatic carbocycles. The van der Waals surface area contributed by atoms with E-state index >= 15 is 0 Å². The Morgan fingerprint density at radius 2 is 1.57 bits per heavy atom. The van der Waals surface area contributed by atoms with Gasteiger partial charge in [-0.1, -0.05) is 108 Å². The summed E-state index contributed by atoms with van der Waals surface area (Å²) >= 11 is -1.06. The molecule has 2 nitrogen and oxygen atoms in total. The van der Waals surface area contributed by atoms with Gasteiger partial charge in [-0.2, -0.15) is 0 Å². The van der Waals surface area contributed by atoms with E-state index in [0.29, 0.717) is 5.75 Å². The Balaban J connectivity index is 2.36. The van der Waals surface area contributed by atoms with Gasteiger partial charge >= 0.3 is 14.4 Å². The zero-order chi connectivity index (χ0) is 20.9. The van der Waals surface area contributed by atoms with Crippen molar-refractivity contribution in [2.24, 2.45) is 11.8 Å². The van der Waals surface area contributed by atoms with E-state index in [1.807, 2.05) is 0 Å². The first-order valence-corrected chi connectivity index (χ1v) is 13.8. The second kappa shape index (κ2) is 10.5. The van der Waals surface area contributed by atoms with E-state index in [-0.39, 0.29) is 5.41 Å². The number of hydrogen-bond acceptors (Lipinski definition) is 2. The zero-order valence-corrected chi connectivity index (χ0v) is 20.7. The maximum atomic E-state index is 11.1. The zero-order valence-electron chi connectivity index (χ0n) is 19.6. The van der Waals surface area contributed by atoms with Gasteiger partial charge < -0.3 is 8.99 Å². The fourth-order valence-corrected chi connectivity index (χ4v) is 9.21. The Labute approximate surface area is 179 Å². The van der Waals surface area contributed by atoms with Crippen molar-refractivity contribution in [3.05, 3.63) is 29.3 Å². The minimum Gasteiger partial charge on any atom is -0.507 e. The summed E-state index contributed by atoms with van der Waals surface area (Å²) in [4.78, 5) is 0. The lowest BCUT2D eigenvalue weighted by atomic mass is 9.85. The number of rotatable bonds is 8. The monoisotopic (exact) mass is 401 g/mol. The molecule has 1 aliphatic rings. The Hall–Kier alpha value is -0.488. The molecular formula is C25H44AlNO. The maximum absolute atomic E-state index is 11.1. The van der Waals surface area contributed by atoms with Gasteiger partial charge in [-0.3, -0.25) is 0 Å².